The van der Waals surface area contributed by atoms with E-state index in [9.17, 15) is 4.79 Å². The lowest BCUT2D eigenvalue weighted by Crippen LogP contribution is -2.29. The zero-order chi connectivity index (χ0) is 8.97. The third-order valence-corrected chi connectivity index (χ3v) is 2.15. The van der Waals surface area contributed by atoms with Crippen LogP contribution >= 0.6 is 0 Å². The second-order valence-corrected chi connectivity index (χ2v) is 3.76. The number of carbonyl (C=O) groups excluding carboxylic acids is 1. The normalized spacial score (nSPS) is 17.2. The summed E-state index contributed by atoms with van der Waals surface area (Å²) in [4.78, 5) is 13.0. The Morgan fingerprint density at radius 2 is 2.33 bits per heavy atom. The van der Waals surface area contributed by atoms with E-state index in [0.29, 0.717) is 0 Å². The zero-order valence-electron chi connectivity index (χ0n) is 7.97. The summed E-state index contributed by atoms with van der Waals surface area (Å²) in [6.45, 7) is 7.05. The van der Waals surface area contributed by atoms with Crippen LogP contribution in [0, 0.1) is 5.92 Å². The van der Waals surface area contributed by atoms with Gasteiger partial charge in [-0.2, -0.15) is 0 Å². The molecule has 0 aliphatic carbocycles. The van der Waals surface area contributed by atoms with E-state index in [-0.39, 0.29) is 6.03 Å². The highest BCUT2D eigenvalue weighted by molar-refractivity contribution is 5.76. The third kappa shape index (κ3) is 2.72. The van der Waals surface area contributed by atoms with Gasteiger partial charge in [0.05, 0.1) is 0 Å². The van der Waals surface area contributed by atoms with Crippen LogP contribution in [0.2, 0.25) is 0 Å². The topological polar surface area (TPSA) is 32.3 Å². The Hall–Kier alpha value is -0.730. The number of rotatable bonds is 4. The Morgan fingerprint density at radius 3 is 2.83 bits per heavy atom. The quantitative estimate of drug-likeness (QED) is 0.680. The fourth-order valence-corrected chi connectivity index (χ4v) is 1.41. The highest BCUT2D eigenvalue weighted by Gasteiger charge is 2.18. The molecule has 2 amide bonds. The maximum absolute atomic E-state index is 11.1. The van der Waals surface area contributed by atoms with E-state index in [0.717, 1.165) is 32.0 Å². The van der Waals surface area contributed by atoms with Crippen LogP contribution in [-0.2, 0) is 0 Å². The van der Waals surface area contributed by atoms with Gasteiger partial charge in [0.1, 0.15) is 0 Å². The molecule has 1 aliphatic rings. The number of nitrogens with zero attached hydrogens (tertiary/aromatic N) is 1. The molecule has 0 bridgehead atoms. The summed E-state index contributed by atoms with van der Waals surface area (Å²) < 4.78 is 0. The number of hydrogen-bond donors (Lipinski definition) is 1. The SMILES string of the molecule is CC(C)CCCN1CCNC1=O. The molecule has 1 N–H and O–H groups in total. The molecule has 1 aliphatic heterocycles. The Bertz CT molecular complexity index is 157. The van der Waals surface area contributed by atoms with E-state index in [1.54, 1.807) is 0 Å². The molecule has 0 spiro atoms. The fraction of sp³-hybridized carbons (Fsp3) is 0.889. The van der Waals surface area contributed by atoms with Gasteiger partial charge in [0.2, 0.25) is 0 Å². The Morgan fingerprint density at radius 1 is 1.58 bits per heavy atom. The van der Waals surface area contributed by atoms with Crippen molar-refractivity contribution in [1.82, 2.24) is 10.2 Å². The van der Waals surface area contributed by atoms with Crippen molar-refractivity contribution in [1.29, 1.82) is 0 Å². The van der Waals surface area contributed by atoms with E-state index in [2.05, 4.69) is 19.2 Å². The predicted molar refractivity (Wildman–Crippen MR) is 49.0 cm³/mol. The lowest BCUT2D eigenvalue weighted by molar-refractivity contribution is 0.216. The fourth-order valence-electron chi connectivity index (χ4n) is 1.41. The number of urea groups is 1. The van der Waals surface area contributed by atoms with E-state index >= 15 is 0 Å². The molecule has 0 aromatic heterocycles. The maximum atomic E-state index is 11.1. The standard InChI is InChI=1S/C9H18N2O/c1-8(2)4-3-6-11-7-5-10-9(11)12/h8H,3-7H2,1-2H3,(H,10,12). The van der Waals surface area contributed by atoms with Gasteiger partial charge in [0.25, 0.3) is 0 Å². The molecule has 0 unspecified atom stereocenters. The number of amides is 2. The minimum absolute atomic E-state index is 0.110. The van der Waals surface area contributed by atoms with Crippen LogP contribution in [0.3, 0.4) is 0 Å². The molecule has 0 saturated carbocycles. The van der Waals surface area contributed by atoms with Gasteiger partial charge in [0, 0.05) is 19.6 Å². The van der Waals surface area contributed by atoms with Crippen LogP contribution in [-0.4, -0.2) is 30.6 Å². The molecule has 3 nitrogen and oxygen atoms in total. The number of nitrogens with one attached hydrogen (secondary N) is 1. The van der Waals surface area contributed by atoms with Crippen molar-refractivity contribution in [2.75, 3.05) is 19.6 Å². The molecule has 70 valence electrons. The first-order valence-electron chi connectivity index (χ1n) is 4.73. The van der Waals surface area contributed by atoms with Gasteiger partial charge in [-0.1, -0.05) is 13.8 Å². The van der Waals surface area contributed by atoms with Crippen molar-refractivity contribution in [3.8, 4) is 0 Å². The van der Waals surface area contributed by atoms with Gasteiger partial charge in [-0.05, 0) is 18.8 Å². The monoisotopic (exact) mass is 170 g/mol. The van der Waals surface area contributed by atoms with E-state index in [4.69, 9.17) is 0 Å². The molecule has 0 radical (unpaired) electrons. The average Bonchev–Trinajstić information content (AvgIpc) is 2.36. The summed E-state index contributed by atoms with van der Waals surface area (Å²) >= 11 is 0. The first-order chi connectivity index (χ1) is 5.70. The number of hydrogen-bond acceptors (Lipinski definition) is 1. The number of carbonyl (C=O) groups is 1. The summed E-state index contributed by atoms with van der Waals surface area (Å²) in [6, 6.07) is 0.110. The smallest absolute Gasteiger partial charge is 0.317 e. The molecule has 1 rings (SSSR count). The lowest BCUT2D eigenvalue weighted by atomic mass is 10.1. The van der Waals surface area contributed by atoms with Gasteiger partial charge in [-0.3, -0.25) is 0 Å². The third-order valence-electron chi connectivity index (χ3n) is 2.15. The van der Waals surface area contributed by atoms with Gasteiger partial charge >= 0.3 is 6.03 Å². The minimum Gasteiger partial charge on any atom is -0.336 e. The van der Waals surface area contributed by atoms with E-state index < -0.39 is 0 Å². The molecular weight excluding hydrogens is 152 g/mol. The lowest BCUT2D eigenvalue weighted by Gasteiger charge is -2.14. The highest BCUT2D eigenvalue weighted by atomic mass is 16.2. The highest BCUT2D eigenvalue weighted by Crippen LogP contribution is 2.06. The minimum atomic E-state index is 0.110. The van der Waals surface area contributed by atoms with Crippen molar-refractivity contribution >= 4 is 6.03 Å². The molecule has 12 heavy (non-hydrogen) atoms. The van der Waals surface area contributed by atoms with Crippen molar-refractivity contribution in [2.24, 2.45) is 5.92 Å². The van der Waals surface area contributed by atoms with E-state index in [1.165, 1.54) is 6.42 Å². The molecule has 1 heterocycles. The molecule has 3 heteroatoms. The molecular formula is C9H18N2O. The first-order valence-corrected chi connectivity index (χ1v) is 4.73. The predicted octanol–water partition coefficient (Wildman–Crippen LogP) is 1.45. The van der Waals surface area contributed by atoms with Gasteiger partial charge in [0.15, 0.2) is 0 Å². The zero-order valence-corrected chi connectivity index (χ0v) is 7.97. The second-order valence-electron chi connectivity index (χ2n) is 3.76. The second kappa shape index (κ2) is 4.33. The Labute approximate surface area is 74.1 Å². The summed E-state index contributed by atoms with van der Waals surface area (Å²) in [5.41, 5.74) is 0. The summed E-state index contributed by atoms with van der Waals surface area (Å²) in [6.07, 6.45) is 2.34. The molecule has 0 aromatic rings. The van der Waals surface area contributed by atoms with Crippen molar-refractivity contribution in [2.45, 2.75) is 26.7 Å². The Balaban J connectivity index is 2.10. The summed E-state index contributed by atoms with van der Waals surface area (Å²) in [5, 5.41) is 2.79. The average molecular weight is 170 g/mol. The van der Waals surface area contributed by atoms with Crippen LogP contribution in [0.25, 0.3) is 0 Å². The van der Waals surface area contributed by atoms with Gasteiger partial charge in [-0.15, -0.1) is 0 Å². The maximum Gasteiger partial charge on any atom is 0.317 e. The van der Waals surface area contributed by atoms with Gasteiger partial charge in [-0.25, -0.2) is 4.79 Å². The van der Waals surface area contributed by atoms with Gasteiger partial charge < -0.3 is 10.2 Å². The van der Waals surface area contributed by atoms with Crippen LogP contribution < -0.4 is 5.32 Å². The van der Waals surface area contributed by atoms with Crippen molar-refractivity contribution in [3.63, 3.8) is 0 Å². The summed E-state index contributed by atoms with van der Waals surface area (Å²) in [5.74, 6) is 0.746. The summed E-state index contributed by atoms with van der Waals surface area (Å²) in [7, 11) is 0. The molecule has 1 saturated heterocycles. The molecule has 1 fully saturated rings. The van der Waals surface area contributed by atoms with Crippen LogP contribution in [0.5, 0.6) is 0 Å². The molecule has 0 aromatic carbocycles. The molecule has 0 atom stereocenters. The van der Waals surface area contributed by atoms with E-state index in [1.807, 2.05) is 4.90 Å². The Kier molecular flexibility index (Phi) is 3.38. The first kappa shape index (κ1) is 9.36. The van der Waals surface area contributed by atoms with Crippen molar-refractivity contribution in [3.05, 3.63) is 0 Å². The largest absolute Gasteiger partial charge is 0.336 e. The van der Waals surface area contributed by atoms with Crippen LogP contribution in [0.4, 0.5) is 4.79 Å². The van der Waals surface area contributed by atoms with Crippen LogP contribution in [0.15, 0.2) is 0 Å². The van der Waals surface area contributed by atoms with Crippen molar-refractivity contribution < 1.29 is 4.79 Å². The van der Waals surface area contributed by atoms with Crippen LogP contribution in [0.1, 0.15) is 26.7 Å².